The maximum Gasteiger partial charge on any atom is 0.419 e. The second kappa shape index (κ2) is 8.70. The van der Waals surface area contributed by atoms with Gasteiger partial charge >= 0.3 is 12.2 Å². The summed E-state index contributed by atoms with van der Waals surface area (Å²) in [4.78, 5) is 25.8. The molecule has 0 aromatic carbocycles. The Hall–Kier alpha value is -1.30. The van der Waals surface area contributed by atoms with Crippen molar-refractivity contribution >= 4 is 12.2 Å². The van der Waals surface area contributed by atoms with Crippen LogP contribution >= 0.6 is 0 Å². The third kappa shape index (κ3) is 8.52. The van der Waals surface area contributed by atoms with Crippen LogP contribution in [0.4, 0.5) is 9.59 Å². The van der Waals surface area contributed by atoms with Crippen molar-refractivity contribution in [2.75, 3.05) is 19.6 Å². The van der Waals surface area contributed by atoms with Crippen molar-refractivity contribution in [3.63, 3.8) is 0 Å². The van der Waals surface area contributed by atoms with Crippen LogP contribution in [0.3, 0.4) is 0 Å². The topological polar surface area (TPSA) is 67.9 Å². The van der Waals surface area contributed by atoms with Gasteiger partial charge in [-0.25, -0.2) is 14.5 Å². The normalized spacial score (nSPS) is 18.8. The van der Waals surface area contributed by atoms with E-state index in [0.29, 0.717) is 12.5 Å². The van der Waals surface area contributed by atoms with Crippen molar-refractivity contribution in [1.82, 2.24) is 10.2 Å². The van der Waals surface area contributed by atoms with E-state index in [1.807, 2.05) is 0 Å². The van der Waals surface area contributed by atoms with Gasteiger partial charge in [0.15, 0.2) is 0 Å². The van der Waals surface area contributed by atoms with Crippen molar-refractivity contribution in [1.29, 1.82) is 0 Å². The zero-order valence-electron chi connectivity index (χ0n) is 16.1. The number of hydrogen-bond donors (Lipinski definition) is 1. The maximum atomic E-state index is 12.4. The highest BCUT2D eigenvalue weighted by Gasteiger charge is 2.31. The number of carbonyl (C=O) groups is 2. The average Bonchev–Trinajstić information content (AvgIpc) is 2.40. The molecule has 1 fully saturated rings. The Labute approximate surface area is 146 Å². The van der Waals surface area contributed by atoms with Gasteiger partial charge in [0.25, 0.3) is 0 Å². The molecule has 140 valence electrons. The molecule has 6 nitrogen and oxygen atoms in total. The molecule has 1 unspecified atom stereocenters. The number of nitrogens with zero attached hydrogens (tertiary/aromatic N) is 1. The van der Waals surface area contributed by atoms with E-state index in [0.717, 1.165) is 30.8 Å². The zero-order valence-corrected chi connectivity index (χ0v) is 16.1. The summed E-state index contributed by atoms with van der Waals surface area (Å²) in [6.07, 6.45) is 2.84. The SMILES string of the molecule is CC(C)(C)OC(=O)N(CCCC1CCCNC1)C(=O)OC(C)(C)C. The molecule has 0 aliphatic carbocycles. The van der Waals surface area contributed by atoms with Gasteiger partial charge < -0.3 is 14.8 Å². The molecule has 0 aromatic rings. The summed E-state index contributed by atoms with van der Waals surface area (Å²) in [6, 6.07) is 0. The second-order valence-corrected chi connectivity index (χ2v) is 8.47. The molecule has 24 heavy (non-hydrogen) atoms. The molecule has 2 amide bonds. The number of ether oxygens (including phenoxy) is 2. The van der Waals surface area contributed by atoms with Crippen molar-refractivity contribution in [2.45, 2.75) is 78.4 Å². The van der Waals surface area contributed by atoms with Crippen LogP contribution in [0.5, 0.6) is 0 Å². The number of carbonyl (C=O) groups excluding carboxylic acids is 2. The molecule has 1 aliphatic heterocycles. The van der Waals surface area contributed by atoms with Gasteiger partial charge in [0.05, 0.1) is 0 Å². The Morgan fingerprint density at radius 3 is 2.00 bits per heavy atom. The number of hydrogen-bond acceptors (Lipinski definition) is 5. The lowest BCUT2D eigenvalue weighted by molar-refractivity contribution is 0.000972. The monoisotopic (exact) mass is 342 g/mol. The lowest BCUT2D eigenvalue weighted by atomic mass is 9.95. The Balaban J connectivity index is 2.62. The van der Waals surface area contributed by atoms with E-state index < -0.39 is 23.4 Å². The van der Waals surface area contributed by atoms with E-state index >= 15 is 0 Å². The molecule has 0 aromatic heterocycles. The number of imide groups is 1. The van der Waals surface area contributed by atoms with E-state index in [9.17, 15) is 9.59 Å². The van der Waals surface area contributed by atoms with Crippen molar-refractivity contribution in [2.24, 2.45) is 5.92 Å². The predicted molar refractivity (Wildman–Crippen MR) is 94.0 cm³/mol. The first kappa shape index (κ1) is 20.7. The summed E-state index contributed by atoms with van der Waals surface area (Å²) in [5.41, 5.74) is -1.30. The maximum absolute atomic E-state index is 12.4. The largest absolute Gasteiger partial charge is 0.443 e. The highest BCUT2D eigenvalue weighted by molar-refractivity contribution is 5.88. The first-order chi connectivity index (χ1) is 11.0. The molecule has 0 radical (unpaired) electrons. The van der Waals surface area contributed by atoms with Crippen LogP contribution < -0.4 is 5.32 Å². The Morgan fingerprint density at radius 2 is 1.58 bits per heavy atom. The van der Waals surface area contributed by atoms with Gasteiger partial charge in [-0.15, -0.1) is 0 Å². The summed E-state index contributed by atoms with van der Waals surface area (Å²) < 4.78 is 10.7. The molecule has 1 heterocycles. The van der Waals surface area contributed by atoms with Crippen LogP contribution in [-0.2, 0) is 9.47 Å². The van der Waals surface area contributed by atoms with Crippen molar-refractivity contribution in [3.8, 4) is 0 Å². The van der Waals surface area contributed by atoms with Crippen molar-refractivity contribution in [3.05, 3.63) is 0 Å². The van der Waals surface area contributed by atoms with Gasteiger partial charge in [0.1, 0.15) is 11.2 Å². The molecule has 0 spiro atoms. The zero-order chi connectivity index (χ0) is 18.4. The van der Waals surface area contributed by atoms with E-state index in [1.165, 1.54) is 12.8 Å². The number of piperidine rings is 1. The molecule has 6 heteroatoms. The van der Waals surface area contributed by atoms with Crippen LogP contribution in [-0.4, -0.2) is 47.9 Å². The summed E-state index contributed by atoms with van der Waals surface area (Å²) in [5.74, 6) is 0.609. The third-order valence-corrected chi connectivity index (χ3v) is 3.62. The molecule has 0 saturated carbocycles. The minimum absolute atomic E-state index is 0.320. The highest BCUT2D eigenvalue weighted by Crippen LogP contribution is 2.18. The minimum Gasteiger partial charge on any atom is -0.443 e. The minimum atomic E-state index is -0.648. The summed E-state index contributed by atoms with van der Waals surface area (Å²) in [6.45, 7) is 13.1. The van der Waals surface area contributed by atoms with E-state index in [1.54, 1.807) is 41.5 Å². The Kier molecular flexibility index (Phi) is 7.52. The van der Waals surface area contributed by atoms with Crippen LogP contribution in [0.2, 0.25) is 0 Å². The summed E-state index contributed by atoms with van der Waals surface area (Å²) >= 11 is 0. The van der Waals surface area contributed by atoms with Crippen LogP contribution in [0.25, 0.3) is 0 Å². The number of amides is 2. The fourth-order valence-corrected chi connectivity index (χ4v) is 2.60. The van der Waals surface area contributed by atoms with E-state index in [4.69, 9.17) is 9.47 Å². The fraction of sp³-hybridized carbons (Fsp3) is 0.889. The molecular formula is C18H34N2O4. The smallest absolute Gasteiger partial charge is 0.419 e. The Bertz CT molecular complexity index is 390. The third-order valence-electron chi connectivity index (χ3n) is 3.62. The van der Waals surface area contributed by atoms with Crippen molar-refractivity contribution < 1.29 is 19.1 Å². The summed E-state index contributed by atoms with van der Waals surface area (Å²) in [5, 5.41) is 3.38. The molecule has 1 N–H and O–H groups in total. The van der Waals surface area contributed by atoms with Gasteiger partial charge in [-0.05, 0) is 86.2 Å². The van der Waals surface area contributed by atoms with Gasteiger partial charge in [-0.3, -0.25) is 0 Å². The lowest BCUT2D eigenvalue weighted by Gasteiger charge is -2.29. The standard InChI is InChI=1S/C18H34N2O4/c1-17(2,3)23-15(21)20(16(22)24-18(4,5)6)12-8-10-14-9-7-11-19-13-14/h14,19H,7-13H2,1-6H3. The first-order valence-corrected chi connectivity index (χ1v) is 8.92. The van der Waals surface area contributed by atoms with Crippen LogP contribution in [0.1, 0.15) is 67.2 Å². The van der Waals surface area contributed by atoms with Crippen LogP contribution in [0, 0.1) is 5.92 Å². The Morgan fingerprint density at radius 1 is 1.04 bits per heavy atom. The molecular weight excluding hydrogens is 308 g/mol. The van der Waals surface area contributed by atoms with E-state index in [2.05, 4.69) is 5.32 Å². The molecule has 0 bridgehead atoms. The van der Waals surface area contributed by atoms with E-state index in [-0.39, 0.29) is 0 Å². The number of nitrogens with one attached hydrogen (secondary N) is 1. The lowest BCUT2D eigenvalue weighted by Crippen LogP contribution is -2.44. The molecule has 1 atom stereocenters. The first-order valence-electron chi connectivity index (χ1n) is 8.92. The fourth-order valence-electron chi connectivity index (χ4n) is 2.60. The van der Waals surface area contributed by atoms with Gasteiger partial charge in [0.2, 0.25) is 0 Å². The summed E-state index contributed by atoms with van der Waals surface area (Å²) in [7, 11) is 0. The molecule has 1 rings (SSSR count). The quantitative estimate of drug-likeness (QED) is 0.838. The molecule has 1 aliphatic rings. The van der Waals surface area contributed by atoms with Gasteiger partial charge in [0, 0.05) is 6.54 Å². The predicted octanol–water partition coefficient (Wildman–Crippen LogP) is 3.94. The number of rotatable bonds is 4. The van der Waals surface area contributed by atoms with Gasteiger partial charge in [-0.2, -0.15) is 0 Å². The highest BCUT2D eigenvalue weighted by atomic mass is 16.6. The second-order valence-electron chi connectivity index (χ2n) is 8.47. The van der Waals surface area contributed by atoms with Gasteiger partial charge in [-0.1, -0.05) is 0 Å². The molecule has 1 saturated heterocycles. The van der Waals surface area contributed by atoms with Crippen LogP contribution in [0.15, 0.2) is 0 Å². The average molecular weight is 342 g/mol.